The molecule has 2 aliphatic heterocycles. The second-order valence-corrected chi connectivity index (χ2v) is 7.55. The van der Waals surface area contributed by atoms with Crippen molar-refractivity contribution in [3.8, 4) is 17.2 Å². The third-order valence-electron chi connectivity index (χ3n) is 5.66. The van der Waals surface area contributed by atoms with Gasteiger partial charge in [-0.15, -0.1) is 0 Å². The van der Waals surface area contributed by atoms with Gasteiger partial charge in [0.15, 0.2) is 0 Å². The molecular formula is C26H24N2O3. The Morgan fingerprint density at radius 3 is 2.52 bits per heavy atom. The quantitative estimate of drug-likeness (QED) is 0.501. The molecular weight excluding hydrogens is 388 g/mol. The van der Waals surface area contributed by atoms with Crippen LogP contribution in [0, 0.1) is 0 Å². The summed E-state index contributed by atoms with van der Waals surface area (Å²) in [5.74, 6) is 2.55. The fourth-order valence-electron chi connectivity index (χ4n) is 4.10. The molecule has 2 heterocycles. The predicted octanol–water partition coefficient (Wildman–Crippen LogP) is 5.50. The van der Waals surface area contributed by atoms with E-state index >= 15 is 0 Å². The number of hydrazone groups is 1. The number of nitrogens with zero attached hydrogens (tertiary/aromatic N) is 2. The number of hydrogen-bond acceptors (Lipinski definition) is 5. The van der Waals surface area contributed by atoms with Crippen molar-refractivity contribution in [1.29, 1.82) is 0 Å². The van der Waals surface area contributed by atoms with Crippen LogP contribution >= 0.6 is 0 Å². The summed E-state index contributed by atoms with van der Waals surface area (Å²) in [5, 5.41) is 7.09. The lowest BCUT2D eigenvalue weighted by Crippen LogP contribution is -2.33. The van der Waals surface area contributed by atoms with Crippen molar-refractivity contribution in [1.82, 2.24) is 5.01 Å². The molecule has 31 heavy (non-hydrogen) atoms. The Morgan fingerprint density at radius 2 is 1.77 bits per heavy atom. The largest absolute Gasteiger partial charge is 0.497 e. The van der Waals surface area contributed by atoms with Crippen LogP contribution in [-0.2, 0) is 0 Å². The molecule has 0 aromatic heterocycles. The van der Waals surface area contributed by atoms with E-state index in [-0.39, 0.29) is 12.3 Å². The summed E-state index contributed by atoms with van der Waals surface area (Å²) >= 11 is 0. The lowest BCUT2D eigenvalue weighted by atomic mass is 9.96. The minimum atomic E-state index is -0.302. The van der Waals surface area contributed by atoms with Gasteiger partial charge in [0.25, 0.3) is 0 Å². The monoisotopic (exact) mass is 412 g/mol. The molecule has 0 radical (unpaired) electrons. The molecule has 0 aliphatic carbocycles. The van der Waals surface area contributed by atoms with Crippen molar-refractivity contribution in [2.24, 2.45) is 5.10 Å². The van der Waals surface area contributed by atoms with Gasteiger partial charge in [-0.05, 0) is 60.2 Å². The van der Waals surface area contributed by atoms with Gasteiger partial charge < -0.3 is 14.2 Å². The topological polar surface area (TPSA) is 43.3 Å². The van der Waals surface area contributed by atoms with Crippen molar-refractivity contribution >= 4 is 5.71 Å². The molecule has 3 aromatic carbocycles. The molecule has 0 spiro atoms. The molecule has 0 bridgehead atoms. The smallest absolute Gasteiger partial charge is 0.213 e. The van der Waals surface area contributed by atoms with Crippen LogP contribution in [0.5, 0.6) is 17.2 Å². The third-order valence-corrected chi connectivity index (χ3v) is 5.66. The van der Waals surface area contributed by atoms with Crippen molar-refractivity contribution in [2.75, 3.05) is 13.7 Å². The zero-order valence-electron chi connectivity index (χ0n) is 17.4. The zero-order chi connectivity index (χ0) is 21.2. The van der Waals surface area contributed by atoms with Crippen LogP contribution in [-0.4, -0.2) is 24.4 Å². The molecule has 2 atom stereocenters. The SMILES string of the molecule is C=CCOc1ccc([C@H]2Oc3ccccc3[C@H]3CC(c4ccc(OC)cc4)=NN32)cc1. The van der Waals surface area contributed by atoms with Crippen molar-refractivity contribution < 1.29 is 14.2 Å². The first kappa shape index (κ1) is 19.2. The molecule has 0 unspecified atom stereocenters. The predicted molar refractivity (Wildman–Crippen MR) is 121 cm³/mol. The summed E-state index contributed by atoms with van der Waals surface area (Å²) in [6, 6.07) is 24.4. The molecule has 0 fully saturated rings. The van der Waals surface area contributed by atoms with Crippen LogP contribution in [0.3, 0.4) is 0 Å². The van der Waals surface area contributed by atoms with E-state index in [4.69, 9.17) is 19.3 Å². The molecule has 3 aromatic rings. The van der Waals surface area contributed by atoms with E-state index in [0.717, 1.165) is 46.1 Å². The van der Waals surface area contributed by atoms with E-state index in [9.17, 15) is 0 Å². The highest BCUT2D eigenvalue weighted by Gasteiger charge is 2.40. The average molecular weight is 412 g/mol. The van der Waals surface area contributed by atoms with Gasteiger partial charge in [0.05, 0.1) is 18.9 Å². The fourth-order valence-corrected chi connectivity index (χ4v) is 4.10. The summed E-state index contributed by atoms with van der Waals surface area (Å²) in [7, 11) is 1.68. The normalized spacial score (nSPS) is 19.0. The first-order chi connectivity index (χ1) is 15.3. The van der Waals surface area contributed by atoms with Crippen LogP contribution in [0.2, 0.25) is 0 Å². The number of ether oxygens (including phenoxy) is 3. The Hall–Kier alpha value is -3.73. The van der Waals surface area contributed by atoms with E-state index in [2.05, 4.69) is 35.9 Å². The van der Waals surface area contributed by atoms with E-state index < -0.39 is 0 Å². The third kappa shape index (κ3) is 3.63. The second kappa shape index (κ2) is 8.19. The van der Waals surface area contributed by atoms with Crippen LogP contribution in [0.1, 0.15) is 35.4 Å². The fraction of sp³-hybridized carbons (Fsp3) is 0.192. The maximum Gasteiger partial charge on any atom is 0.213 e. The number of rotatable bonds is 6. The van der Waals surface area contributed by atoms with E-state index in [1.165, 1.54) is 0 Å². The Morgan fingerprint density at radius 1 is 1.03 bits per heavy atom. The summed E-state index contributed by atoms with van der Waals surface area (Å²) in [5.41, 5.74) is 4.34. The molecule has 5 nitrogen and oxygen atoms in total. The van der Waals surface area contributed by atoms with E-state index in [1.54, 1.807) is 13.2 Å². The number of fused-ring (bicyclic) bond motifs is 3. The molecule has 0 saturated heterocycles. The summed E-state index contributed by atoms with van der Waals surface area (Å²) in [4.78, 5) is 0. The minimum Gasteiger partial charge on any atom is -0.497 e. The van der Waals surface area contributed by atoms with Gasteiger partial charge in [0, 0.05) is 17.5 Å². The van der Waals surface area contributed by atoms with E-state index in [1.807, 2.05) is 48.5 Å². The van der Waals surface area contributed by atoms with Crippen LogP contribution in [0.25, 0.3) is 0 Å². The Balaban J connectivity index is 1.49. The molecule has 0 N–H and O–H groups in total. The average Bonchev–Trinajstić information content (AvgIpc) is 3.28. The van der Waals surface area contributed by atoms with Gasteiger partial charge in [0.2, 0.25) is 6.23 Å². The van der Waals surface area contributed by atoms with Crippen LogP contribution in [0.4, 0.5) is 0 Å². The number of hydrogen-bond donors (Lipinski definition) is 0. The molecule has 0 saturated carbocycles. The van der Waals surface area contributed by atoms with Gasteiger partial charge in [-0.2, -0.15) is 5.10 Å². The molecule has 156 valence electrons. The van der Waals surface area contributed by atoms with Gasteiger partial charge in [0.1, 0.15) is 23.9 Å². The Kier molecular flexibility index (Phi) is 5.08. The summed E-state index contributed by atoms with van der Waals surface area (Å²) in [6.07, 6.45) is 2.26. The highest BCUT2D eigenvalue weighted by atomic mass is 16.5. The second-order valence-electron chi connectivity index (χ2n) is 7.55. The van der Waals surface area contributed by atoms with Crippen molar-refractivity contribution in [3.63, 3.8) is 0 Å². The lowest BCUT2D eigenvalue weighted by molar-refractivity contribution is -0.0190. The van der Waals surface area contributed by atoms with Gasteiger partial charge in [-0.1, -0.05) is 30.9 Å². The van der Waals surface area contributed by atoms with Gasteiger partial charge >= 0.3 is 0 Å². The van der Waals surface area contributed by atoms with Gasteiger partial charge in [-0.3, -0.25) is 0 Å². The summed E-state index contributed by atoms with van der Waals surface area (Å²) < 4.78 is 17.3. The van der Waals surface area contributed by atoms with E-state index in [0.29, 0.717) is 6.61 Å². The maximum absolute atomic E-state index is 6.42. The molecule has 2 aliphatic rings. The highest BCUT2D eigenvalue weighted by molar-refractivity contribution is 6.02. The zero-order valence-corrected chi connectivity index (χ0v) is 17.4. The Bertz CT molecular complexity index is 1110. The molecule has 5 heteroatoms. The standard InChI is InChI=1S/C26H24N2O3/c1-3-16-30-21-14-10-19(11-15-21)26-28-24(22-6-4-5-7-25(22)31-26)17-23(27-28)18-8-12-20(29-2)13-9-18/h3-15,24,26H,1,16-17H2,2H3/t24-,26-/m1/s1. The number of benzene rings is 3. The lowest BCUT2D eigenvalue weighted by Gasteiger charge is -2.38. The highest BCUT2D eigenvalue weighted by Crippen LogP contribution is 2.47. The maximum atomic E-state index is 6.42. The summed E-state index contributed by atoms with van der Waals surface area (Å²) in [6.45, 7) is 4.18. The molecule has 5 rings (SSSR count). The first-order valence-corrected chi connectivity index (χ1v) is 10.4. The van der Waals surface area contributed by atoms with Crippen molar-refractivity contribution in [2.45, 2.75) is 18.7 Å². The number of para-hydroxylation sites is 1. The first-order valence-electron chi connectivity index (χ1n) is 10.4. The van der Waals surface area contributed by atoms with Crippen LogP contribution in [0.15, 0.2) is 90.6 Å². The van der Waals surface area contributed by atoms with Gasteiger partial charge in [-0.25, -0.2) is 5.01 Å². The van der Waals surface area contributed by atoms with Crippen LogP contribution < -0.4 is 14.2 Å². The minimum absolute atomic E-state index is 0.128. The number of methoxy groups -OCH3 is 1. The Labute approximate surface area is 182 Å². The van der Waals surface area contributed by atoms with Crippen molar-refractivity contribution in [3.05, 3.63) is 102 Å². The molecule has 0 amide bonds.